The summed E-state index contributed by atoms with van der Waals surface area (Å²) in [6.45, 7) is 2.09. The predicted molar refractivity (Wildman–Crippen MR) is 143 cm³/mol. The molecule has 5 rings (SSSR count). The van der Waals surface area contributed by atoms with Crippen LogP contribution in [0.15, 0.2) is 83.3 Å². The molecular formula is C29H23BrN2O4. The van der Waals surface area contributed by atoms with Crippen LogP contribution in [0.4, 0.5) is 5.69 Å². The summed E-state index contributed by atoms with van der Waals surface area (Å²) in [5.74, 6) is -0.365. The van der Waals surface area contributed by atoms with E-state index in [1.807, 2.05) is 49.4 Å². The van der Waals surface area contributed by atoms with Crippen molar-refractivity contribution in [2.24, 2.45) is 0 Å². The Bertz CT molecular complexity index is 1510. The highest BCUT2D eigenvalue weighted by Gasteiger charge is 2.34. The van der Waals surface area contributed by atoms with Gasteiger partial charge in [-0.25, -0.2) is 0 Å². The lowest BCUT2D eigenvalue weighted by Gasteiger charge is -2.30. The Labute approximate surface area is 217 Å². The lowest BCUT2D eigenvalue weighted by Crippen LogP contribution is -2.46. The van der Waals surface area contributed by atoms with Crippen LogP contribution >= 0.6 is 15.9 Å². The second-order valence-electron chi connectivity index (χ2n) is 8.61. The van der Waals surface area contributed by atoms with Crippen LogP contribution in [0.2, 0.25) is 0 Å². The Kier molecular flexibility index (Phi) is 6.33. The summed E-state index contributed by atoms with van der Waals surface area (Å²) in [4.78, 5) is 43.3. The molecule has 0 radical (unpaired) electrons. The number of carbonyl (C=O) groups is 3. The van der Waals surface area contributed by atoms with E-state index in [-0.39, 0.29) is 30.8 Å². The van der Waals surface area contributed by atoms with Gasteiger partial charge in [-0.2, -0.15) is 0 Å². The Balaban J connectivity index is 1.49. The number of hydrogen-bond acceptors (Lipinski definition) is 4. The molecule has 3 amide bonds. The van der Waals surface area contributed by atoms with E-state index in [0.717, 1.165) is 15.4 Å². The highest BCUT2D eigenvalue weighted by Crippen LogP contribution is 2.34. The maximum atomic E-state index is 13.6. The van der Waals surface area contributed by atoms with Crippen LogP contribution in [0.25, 0.3) is 10.8 Å². The largest absolute Gasteiger partial charge is 0.497 e. The maximum Gasteiger partial charge on any atom is 0.261 e. The van der Waals surface area contributed by atoms with E-state index >= 15 is 0 Å². The molecule has 6 nitrogen and oxygen atoms in total. The number of anilines is 1. The van der Waals surface area contributed by atoms with E-state index in [9.17, 15) is 14.4 Å². The summed E-state index contributed by atoms with van der Waals surface area (Å²) < 4.78 is 6.18. The first kappa shape index (κ1) is 23.8. The third-order valence-corrected chi connectivity index (χ3v) is 7.05. The molecule has 4 aromatic rings. The third-order valence-electron chi connectivity index (χ3n) is 6.36. The summed E-state index contributed by atoms with van der Waals surface area (Å²) in [5.41, 5.74) is 3.05. The van der Waals surface area contributed by atoms with Crippen LogP contribution in [0.3, 0.4) is 0 Å². The van der Waals surface area contributed by atoms with Gasteiger partial charge in [-0.1, -0.05) is 51.8 Å². The molecule has 0 bridgehead atoms. The zero-order valence-corrected chi connectivity index (χ0v) is 21.4. The van der Waals surface area contributed by atoms with E-state index in [1.54, 1.807) is 48.4 Å². The smallest absolute Gasteiger partial charge is 0.261 e. The van der Waals surface area contributed by atoms with E-state index in [4.69, 9.17) is 4.74 Å². The number of imide groups is 1. The summed E-state index contributed by atoms with van der Waals surface area (Å²) in [7, 11) is 1.56. The molecule has 0 fully saturated rings. The van der Waals surface area contributed by atoms with Gasteiger partial charge in [0.15, 0.2) is 0 Å². The molecule has 0 unspecified atom stereocenters. The van der Waals surface area contributed by atoms with Gasteiger partial charge in [0.25, 0.3) is 17.7 Å². The first-order valence-corrected chi connectivity index (χ1v) is 12.3. The standard InChI is InChI=1S/C29H23BrN2O4/c1-18-6-3-7-19(16-18)27(33)31(20-8-4-9-21(17-20)36-2)14-15-32-28(34)23-11-5-10-22-25(30)13-12-24(26(22)23)29(32)35/h3-13,16-17H,14-15H2,1-2H3. The minimum atomic E-state index is -0.371. The molecule has 36 heavy (non-hydrogen) atoms. The molecule has 0 atom stereocenters. The number of ether oxygens (including phenoxy) is 1. The second-order valence-corrected chi connectivity index (χ2v) is 9.47. The quantitative estimate of drug-likeness (QED) is 0.286. The fraction of sp³-hybridized carbons (Fsp3) is 0.138. The molecule has 0 saturated carbocycles. The van der Waals surface area contributed by atoms with Crippen molar-refractivity contribution >= 4 is 50.1 Å². The predicted octanol–water partition coefficient (Wildman–Crippen LogP) is 5.86. The number of benzene rings is 4. The number of halogens is 1. The maximum absolute atomic E-state index is 13.6. The fourth-order valence-electron chi connectivity index (χ4n) is 4.57. The normalized spacial score (nSPS) is 12.7. The van der Waals surface area contributed by atoms with Crippen molar-refractivity contribution in [1.29, 1.82) is 0 Å². The first-order valence-electron chi connectivity index (χ1n) is 11.5. The van der Waals surface area contributed by atoms with Crippen LogP contribution in [-0.2, 0) is 0 Å². The molecule has 180 valence electrons. The average Bonchev–Trinajstić information content (AvgIpc) is 2.89. The van der Waals surface area contributed by atoms with Crippen molar-refractivity contribution in [1.82, 2.24) is 4.90 Å². The van der Waals surface area contributed by atoms with Crippen molar-refractivity contribution in [3.8, 4) is 5.75 Å². The minimum Gasteiger partial charge on any atom is -0.497 e. The Morgan fingerprint density at radius 2 is 1.64 bits per heavy atom. The van der Waals surface area contributed by atoms with Gasteiger partial charge in [0.05, 0.1) is 7.11 Å². The number of methoxy groups -OCH3 is 1. The van der Waals surface area contributed by atoms with Gasteiger partial charge in [0.2, 0.25) is 0 Å². The molecule has 0 aromatic heterocycles. The van der Waals surface area contributed by atoms with Crippen molar-refractivity contribution in [3.63, 3.8) is 0 Å². The van der Waals surface area contributed by atoms with Crippen molar-refractivity contribution in [3.05, 3.63) is 106 Å². The first-order chi connectivity index (χ1) is 17.4. The van der Waals surface area contributed by atoms with E-state index in [1.165, 1.54) is 4.90 Å². The molecule has 1 aliphatic rings. The van der Waals surface area contributed by atoms with Crippen LogP contribution in [-0.4, -0.2) is 42.8 Å². The molecule has 7 heteroatoms. The summed E-state index contributed by atoms with van der Waals surface area (Å²) >= 11 is 3.51. The lowest BCUT2D eigenvalue weighted by molar-refractivity contribution is 0.0611. The Hall–Kier alpha value is -3.97. The molecule has 1 heterocycles. The van der Waals surface area contributed by atoms with Crippen molar-refractivity contribution < 1.29 is 19.1 Å². The Morgan fingerprint density at radius 1 is 0.917 bits per heavy atom. The van der Waals surface area contributed by atoms with Crippen LogP contribution < -0.4 is 9.64 Å². The molecule has 0 aliphatic carbocycles. The lowest BCUT2D eigenvalue weighted by atomic mass is 9.94. The molecule has 1 aliphatic heterocycles. The number of aryl methyl sites for hydroxylation is 1. The van der Waals surface area contributed by atoms with Gasteiger partial charge >= 0.3 is 0 Å². The molecule has 0 saturated heterocycles. The third kappa shape index (κ3) is 4.16. The SMILES string of the molecule is COc1cccc(N(CCN2C(=O)c3cccc4c(Br)ccc(c34)C2=O)C(=O)c2cccc(C)c2)c1. The topological polar surface area (TPSA) is 66.9 Å². The van der Waals surface area contributed by atoms with Gasteiger partial charge in [0.1, 0.15) is 5.75 Å². The van der Waals surface area contributed by atoms with E-state index in [2.05, 4.69) is 15.9 Å². The van der Waals surface area contributed by atoms with E-state index < -0.39 is 0 Å². The average molecular weight is 543 g/mol. The highest BCUT2D eigenvalue weighted by molar-refractivity contribution is 9.10. The number of nitrogens with zero attached hydrogens (tertiary/aromatic N) is 2. The van der Waals surface area contributed by atoms with Crippen LogP contribution in [0.1, 0.15) is 36.6 Å². The zero-order chi connectivity index (χ0) is 25.4. The number of rotatable bonds is 6. The number of hydrogen-bond donors (Lipinski definition) is 0. The van der Waals surface area contributed by atoms with Crippen molar-refractivity contribution in [2.75, 3.05) is 25.1 Å². The van der Waals surface area contributed by atoms with Crippen molar-refractivity contribution in [2.45, 2.75) is 6.92 Å². The molecular weight excluding hydrogens is 520 g/mol. The van der Waals surface area contributed by atoms with E-state index in [0.29, 0.717) is 33.5 Å². The second kappa shape index (κ2) is 9.59. The van der Waals surface area contributed by atoms with Gasteiger partial charge < -0.3 is 9.64 Å². The summed E-state index contributed by atoms with van der Waals surface area (Å²) in [6.07, 6.45) is 0. The number of amides is 3. The molecule has 4 aromatic carbocycles. The summed E-state index contributed by atoms with van der Waals surface area (Å²) in [6, 6.07) is 23.5. The van der Waals surface area contributed by atoms with Gasteiger partial charge in [-0.05, 0) is 54.8 Å². The van der Waals surface area contributed by atoms with Gasteiger partial charge in [-0.3, -0.25) is 19.3 Å². The van der Waals surface area contributed by atoms with Crippen LogP contribution in [0.5, 0.6) is 5.75 Å². The fourth-order valence-corrected chi connectivity index (χ4v) is 5.04. The van der Waals surface area contributed by atoms with Gasteiger partial charge in [0, 0.05) is 51.4 Å². The van der Waals surface area contributed by atoms with Gasteiger partial charge in [-0.15, -0.1) is 0 Å². The minimum absolute atomic E-state index is 0.0400. The monoisotopic (exact) mass is 542 g/mol. The number of carbonyl (C=O) groups excluding carboxylic acids is 3. The summed E-state index contributed by atoms with van der Waals surface area (Å²) in [5, 5.41) is 1.47. The molecule has 0 spiro atoms. The van der Waals surface area contributed by atoms with Crippen LogP contribution in [0, 0.1) is 6.92 Å². The zero-order valence-electron chi connectivity index (χ0n) is 19.8. The molecule has 0 N–H and O–H groups in total. The Morgan fingerprint density at radius 3 is 2.39 bits per heavy atom. The highest BCUT2D eigenvalue weighted by atomic mass is 79.9.